The fourth-order valence-electron chi connectivity index (χ4n) is 3.24. The summed E-state index contributed by atoms with van der Waals surface area (Å²) in [5, 5.41) is 7.24. The van der Waals surface area contributed by atoms with Crippen LogP contribution in [0.1, 0.15) is 40.8 Å². The molecule has 3 aromatic heterocycles. The molecule has 1 aliphatic rings. The van der Waals surface area contributed by atoms with Crippen LogP contribution in [0.2, 0.25) is 0 Å². The van der Waals surface area contributed by atoms with E-state index in [1.165, 1.54) is 25.4 Å². The van der Waals surface area contributed by atoms with Crippen LogP contribution in [-0.4, -0.2) is 37.7 Å². The Morgan fingerprint density at radius 1 is 1.23 bits per heavy atom. The van der Waals surface area contributed by atoms with Gasteiger partial charge < -0.3 is 10.1 Å². The van der Waals surface area contributed by atoms with E-state index in [4.69, 9.17) is 4.74 Å². The number of rotatable bonds is 4. The second-order valence-electron chi connectivity index (χ2n) is 6.70. The number of amides is 1. The number of nitrogens with one attached hydrogen (secondary N) is 1. The summed E-state index contributed by atoms with van der Waals surface area (Å²) in [6, 6.07) is 5.00. The summed E-state index contributed by atoms with van der Waals surface area (Å²) < 4.78 is 45.5. The van der Waals surface area contributed by atoms with E-state index < -0.39 is 17.9 Å². The molecule has 0 saturated heterocycles. The summed E-state index contributed by atoms with van der Waals surface area (Å²) in [6.45, 7) is 0.564. The molecule has 4 rings (SSSR count). The van der Waals surface area contributed by atoms with Gasteiger partial charge in [0.2, 0.25) is 5.88 Å². The summed E-state index contributed by atoms with van der Waals surface area (Å²) in [6.07, 6.45) is -0.635. The highest BCUT2D eigenvalue weighted by Crippen LogP contribution is 2.31. The molecule has 0 radical (unpaired) electrons. The highest BCUT2D eigenvalue weighted by Gasteiger charge is 2.33. The van der Waals surface area contributed by atoms with Crippen LogP contribution in [0.25, 0.3) is 11.4 Å². The van der Waals surface area contributed by atoms with Crippen molar-refractivity contribution in [3.63, 3.8) is 0 Å². The second-order valence-corrected chi connectivity index (χ2v) is 6.70. The quantitative estimate of drug-likeness (QED) is 0.700. The van der Waals surface area contributed by atoms with Gasteiger partial charge in [-0.2, -0.15) is 18.3 Å². The van der Waals surface area contributed by atoms with E-state index in [-0.39, 0.29) is 17.3 Å². The molecule has 0 bridgehead atoms. The minimum absolute atomic E-state index is 0.157. The van der Waals surface area contributed by atoms with Gasteiger partial charge in [-0.15, -0.1) is 0 Å². The summed E-state index contributed by atoms with van der Waals surface area (Å²) in [7, 11) is 1.46. The molecular weight excluding hydrogens is 401 g/mol. The van der Waals surface area contributed by atoms with Crippen molar-refractivity contribution in [3.05, 3.63) is 53.7 Å². The Morgan fingerprint density at radius 3 is 2.80 bits per heavy atom. The van der Waals surface area contributed by atoms with Crippen molar-refractivity contribution in [1.29, 1.82) is 0 Å². The van der Waals surface area contributed by atoms with Crippen LogP contribution in [0, 0.1) is 0 Å². The van der Waals surface area contributed by atoms with Crippen molar-refractivity contribution in [1.82, 2.24) is 30.0 Å². The number of hydrogen-bond acceptors (Lipinski definition) is 6. The molecule has 0 aromatic carbocycles. The fraction of sp³-hybridized carbons (Fsp3) is 0.316. The van der Waals surface area contributed by atoms with Gasteiger partial charge in [0.15, 0.2) is 5.82 Å². The van der Waals surface area contributed by atoms with Gasteiger partial charge in [0.1, 0.15) is 11.5 Å². The molecule has 8 nitrogen and oxygen atoms in total. The van der Waals surface area contributed by atoms with Gasteiger partial charge in [0.25, 0.3) is 5.91 Å². The summed E-state index contributed by atoms with van der Waals surface area (Å²) in [4.78, 5) is 24.4. The number of halogens is 3. The normalized spacial score (nSPS) is 16.1. The lowest BCUT2D eigenvalue weighted by Gasteiger charge is -2.23. The molecule has 1 atom stereocenters. The molecule has 0 spiro atoms. The fourth-order valence-corrected chi connectivity index (χ4v) is 3.24. The number of nitrogens with zero attached hydrogens (tertiary/aromatic N) is 5. The number of alkyl halides is 3. The first-order chi connectivity index (χ1) is 14.3. The third-order valence-corrected chi connectivity index (χ3v) is 4.69. The molecule has 1 N–H and O–H groups in total. The summed E-state index contributed by atoms with van der Waals surface area (Å²) in [5.74, 6) is 0.637. The Labute approximate surface area is 169 Å². The van der Waals surface area contributed by atoms with E-state index in [2.05, 4.69) is 25.4 Å². The first-order valence-electron chi connectivity index (χ1n) is 9.14. The zero-order valence-corrected chi connectivity index (χ0v) is 15.8. The van der Waals surface area contributed by atoms with Crippen molar-refractivity contribution >= 4 is 5.91 Å². The summed E-state index contributed by atoms with van der Waals surface area (Å²) >= 11 is 0. The van der Waals surface area contributed by atoms with Gasteiger partial charge in [-0.1, -0.05) is 0 Å². The average Bonchev–Trinajstić information content (AvgIpc) is 3.19. The number of carbonyl (C=O) groups is 1. The van der Waals surface area contributed by atoms with Gasteiger partial charge in [-0.25, -0.2) is 14.6 Å². The monoisotopic (exact) mass is 418 g/mol. The standard InChI is InChI=1S/C19H17F3N6O2/c1-30-15-10-12(5-7-24-15)18(29)25-13-3-2-8-28-17(13)26-16(27-28)11-4-6-23-14(9-11)19(20,21)22/h4-7,9-10,13H,2-3,8H2,1H3,(H,25,29)/t13-/m0/s1. The third-order valence-electron chi connectivity index (χ3n) is 4.69. The maximum absolute atomic E-state index is 13.0. The molecule has 1 aliphatic heterocycles. The van der Waals surface area contributed by atoms with E-state index in [1.54, 1.807) is 10.7 Å². The minimum atomic E-state index is -4.56. The number of fused-ring (bicyclic) bond motifs is 1. The van der Waals surface area contributed by atoms with Crippen LogP contribution in [0.5, 0.6) is 5.88 Å². The van der Waals surface area contributed by atoms with Crippen LogP contribution in [0.4, 0.5) is 13.2 Å². The molecule has 3 aromatic rings. The Bertz CT molecular complexity index is 1080. The Morgan fingerprint density at radius 2 is 2.03 bits per heavy atom. The van der Waals surface area contributed by atoms with E-state index in [0.717, 1.165) is 18.7 Å². The van der Waals surface area contributed by atoms with Crippen LogP contribution < -0.4 is 10.1 Å². The van der Waals surface area contributed by atoms with Crippen molar-refractivity contribution in [2.24, 2.45) is 0 Å². The van der Waals surface area contributed by atoms with Gasteiger partial charge >= 0.3 is 6.18 Å². The number of hydrogen-bond donors (Lipinski definition) is 1. The predicted molar refractivity (Wildman–Crippen MR) is 98.5 cm³/mol. The highest BCUT2D eigenvalue weighted by atomic mass is 19.4. The maximum atomic E-state index is 13.0. The molecule has 4 heterocycles. The van der Waals surface area contributed by atoms with Gasteiger partial charge in [0, 0.05) is 36.1 Å². The lowest BCUT2D eigenvalue weighted by molar-refractivity contribution is -0.141. The molecule has 0 unspecified atom stereocenters. The third kappa shape index (κ3) is 3.95. The largest absolute Gasteiger partial charge is 0.481 e. The first-order valence-corrected chi connectivity index (χ1v) is 9.14. The minimum Gasteiger partial charge on any atom is -0.481 e. The van der Waals surface area contributed by atoms with Crippen LogP contribution in [0.3, 0.4) is 0 Å². The van der Waals surface area contributed by atoms with E-state index in [0.29, 0.717) is 30.2 Å². The van der Waals surface area contributed by atoms with Crippen molar-refractivity contribution in [2.75, 3.05) is 7.11 Å². The topological polar surface area (TPSA) is 94.8 Å². The second kappa shape index (κ2) is 7.73. The zero-order chi connectivity index (χ0) is 21.3. The van der Waals surface area contributed by atoms with E-state index in [9.17, 15) is 18.0 Å². The Hall–Kier alpha value is -3.50. The molecule has 30 heavy (non-hydrogen) atoms. The lowest BCUT2D eigenvalue weighted by atomic mass is 10.1. The Kier molecular flexibility index (Phi) is 5.10. The van der Waals surface area contributed by atoms with Gasteiger partial charge in [-0.05, 0) is 31.0 Å². The van der Waals surface area contributed by atoms with Crippen LogP contribution >= 0.6 is 0 Å². The Balaban J connectivity index is 1.59. The molecule has 0 aliphatic carbocycles. The molecule has 0 saturated carbocycles. The number of carbonyl (C=O) groups excluding carboxylic acids is 1. The zero-order valence-electron chi connectivity index (χ0n) is 15.8. The van der Waals surface area contributed by atoms with E-state index >= 15 is 0 Å². The van der Waals surface area contributed by atoms with Gasteiger partial charge in [-0.3, -0.25) is 9.78 Å². The number of pyridine rings is 2. The van der Waals surface area contributed by atoms with Crippen LogP contribution in [-0.2, 0) is 12.7 Å². The number of aromatic nitrogens is 5. The highest BCUT2D eigenvalue weighted by molar-refractivity contribution is 5.94. The number of aryl methyl sites for hydroxylation is 1. The number of ether oxygens (including phenoxy) is 1. The molecule has 156 valence electrons. The smallest absolute Gasteiger partial charge is 0.433 e. The summed E-state index contributed by atoms with van der Waals surface area (Å²) in [5.41, 5.74) is -0.421. The molecular formula is C19H17F3N6O2. The van der Waals surface area contributed by atoms with Crippen LogP contribution in [0.15, 0.2) is 36.7 Å². The SMILES string of the molecule is COc1cc(C(=O)N[C@H]2CCCn3nc(-c4ccnc(C(F)(F)F)c4)nc32)ccn1. The van der Waals surface area contributed by atoms with Crippen molar-refractivity contribution < 1.29 is 22.7 Å². The van der Waals surface area contributed by atoms with Gasteiger partial charge in [0.05, 0.1) is 13.2 Å². The van der Waals surface area contributed by atoms with E-state index in [1.807, 2.05) is 0 Å². The lowest BCUT2D eigenvalue weighted by Crippen LogP contribution is -2.33. The van der Waals surface area contributed by atoms with Crippen molar-refractivity contribution in [2.45, 2.75) is 31.6 Å². The number of methoxy groups -OCH3 is 1. The first kappa shape index (κ1) is 19.8. The predicted octanol–water partition coefficient (Wildman–Crippen LogP) is 3.03. The molecule has 1 amide bonds. The molecule has 0 fully saturated rings. The maximum Gasteiger partial charge on any atom is 0.433 e. The van der Waals surface area contributed by atoms with Crippen molar-refractivity contribution in [3.8, 4) is 17.3 Å². The average molecular weight is 418 g/mol. The molecule has 11 heteroatoms.